The zero-order valence-corrected chi connectivity index (χ0v) is 9.54. The molecule has 0 bridgehead atoms. The molecular weight excluding hydrogens is 208 g/mol. The molecule has 0 radical (unpaired) electrons. The lowest BCUT2D eigenvalue weighted by Gasteiger charge is -2.31. The van der Waals surface area contributed by atoms with Crippen molar-refractivity contribution in [2.45, 2.75) is 18.9 Å². The standard InChI is InChI=1S/C9H18N6O/c1-14-9(11-12-13-14)15-5-2-8(3-6-15)16-7-4-10/h8H,2-7,10H2,1H3. The van der Waals surface area contributed by atoms with Crippen LogP contribution in [0.1, 0.15) is 12.8 Å². The van der Waals surface area contributed by atoms with Gasteiger partial charge in [-0.3, -0.25) is 0 Å². The number of hydrogen-bond acceptors (Lipinski definition) is 6. The third kappa shape index (κ3) is 2.48. The predicted octanol–water partition coefficient (Wildman–Crippen LogP) is -0.846. The zero-order valence-electron chi connectivity index (χ0n) is 9.54. The van der Waals surface area contributed by atoms with Crippen LogP contribution in [0.25, 0.3) is 0 Å². The molecular formula is C9H18N6O. The molecule has 1 aliphatic rings. The number of nitrogens with two attached hydrogens (primary N) is 1. The Morgan fingerprint density at radius 3 is 2.75 bits per heavy atom. The Labute approximate surface area is 94.5 Å². The molecule has 0 spiro atoms. The lowest BCUT2D eigenvalue weighted by molar-refractivity contribution is 0.0419. The summed E-state index contributed by atoms with van der Waals surface area (Å²) in [4.78, 5) is 2.18. The molecule has 1 aliphatic heterocycles. The molecule has 1 aromatic heterocycles. The zero-order chi connectivity index (χ0) is 11.4. The van der Waals surface area contributed by atoms with E-state index in [1.807, 2.05) is 7.05 Å². The summed E-state index contributed by atoms with van der Waals surface area (Å²) in [7, 11) is 1.85. The minimum atomic E-state index is 0.334. The average Bonchev–Trinajstić information content (AvgIpc) is 2.74. The van der Waals surface area contributed by atoms with Crippen LogP contribution in [0.15, 0.2) is 0 Å². The maximum atomic E-state index is 5.62. The minimum absolute atomic E-state index is 0.334. The molecule has 1 saturated heterocycles. The molecule has 0 atom stereocenters. The van der Waals surface area contributed by atoms with Gasteiger partial charge in [0.15, 0.2) is 0 Å². The highest BCUT2D eigenvalue weighted by atomic mass is 16.5. The van der Waals surface area contributed by atoms with Crippen LogP contribution in [0.5, 0.6) is 0 Å². The van der Waals surface area contributed by atoms with E-state index < -0.39 is 0 Å². The van der Waals surface area contributed by atoms with Crippen molar-refractivity contribution in [2.75, 3.05) is 31.1 Å². The lowest BCUT2D eigenvalue weighted by atomic mass is 10.1. The van der Waals surface area contributed by atoms with Crippen LogP contribution in [-0.2, 0) is 11.8 Å². The Morgan fingerprint density at radius 1 is 1.44 bits per heavy atom. The highest BCUT2D eigenvalue weighted by molar-refractivity contribution is 5.28. The lowest BCUT2D eigenvalue weighted by Crippen LogP contribution is -2.38. The fraction of sp³-hybridized carbons (Fsp3) is 0.889. The van der Waals surface area contributed by atoms with Gasteiger partial charge < -0.3 is 15.4 Å². The van der Waals surface area contributed by atoms with Gasteiger partial charge in [-0.1, -0.05) is 5.10 Å². The van der Waals surface area contributed by atoms with Crippen LogP contribution in [0.2, 0.25) is 0 Å². The first-order chi connectivity index (χ1) is 7.81. The molecule has 1 aromatic rings. The summed E-state index contributed by atoms with van der Waals surface area (Å²) in [6.45, 7) is 3.11. The fourth-order valence-corrected chi connectivity index (χ4v) is 1.95. The molecule has 2 heterocycles. The van der Waals surface area contributed by atoms with Crippen molar-refractivity contribution in [3.8, 4) is 0 Å². The molecule has 2 N–H and O–H groups in total. The van der Waals surface area contributed by atoms with Crippen molar-refractivity contribution in [3.63, 3.8) is 0 Å². The molecule has 0 aliphatic carbocycles. The number of anilines is 1. The number of rotatable bonds is 4. The Kier molecular flexibility index (Phi) is 3.68. The van der Waals surface area contributed by atoms with E-state index in [0.717, 1.165) is 31.9 Å². The van der Waals surface area contributed by atoms with Gasteiger partial charge in [0, 0.05) is 26.7 Å². The summed E-state index contributed by atoms with van der Waals surface area (Å²) in [6, 6.07) is 0. The summed E-state index contributed by atoms with van der Waals surface area (Å²) in [5.41, 5.74) is 5.40. The van der Waals surface area contributed by atoms with Crippen LogP contribution in [0.3, 0.4) is 0 Å². The Morgan fingerprint density at radius 2 is 2.19 bits per heavy atom. The summed E-state index contributed by atoms with van der Waals surface area (Å²) >= 11 is 0. The summed E-state index contributed by atoms with van der Waals surface area (Å²) in [5, 5.41) is 11.5. The van der Waals surface area contributed by atoms with E-state index >= 15 is 0 Å². The molecule has 0 amide bonds. The van der Waals surface area contributed by atoms with Crippen LogP contribution in [-0.4, -0.2) is 52.6 Å². The summed E-state index contributed by atoms with van der Waals surface area (Å²) < 4.78 is 7.31. The van der Waals surface area contributed by atoms with E-state index in [2.05, 4.69) is 20.4 Å². The summed E-state index contributed by atoms with van der Waals surface area (Å²) in [5.74, 6) is 0.831. The van der Waals surface area contributed by atoms with E-state index in [1.165, 1.54) is 0 Å². The summed E-state index contributed by atoms with van der Waals surface area (Å²) in [6.07, 6.45) is 2.35. The van der Waals surface area contributed by atoms with Crippen molar-refractivity contribution in [3.05, 3.63) is 0 Å². The Hall–Kier alpha value is -1.21. The first-order valence-electron chi connectivity index (χ1n) is 5.60. The quantitative estimate of drug-likeness (QED) is 0.720. The van der Waals surface area contributed by atoms with Gasteiger partial charge in [-0.2, -0.15) is 0 Å². The van der Waals surface area contributed by atoms with Crippen molar-refractivity contribution in [1.29, 1.82) is 0 Å². The molecule has 2 rings (SSSR count). The second-order valence-electron chi connectivity index (χ2n) is 3.95. The number of hydrogen-bond donors (Lipinski definition) is 1. The number of aromatic nitrogens is 4. The maximum Gasteiger partial charge on any atom is 0.245 e. The fourth-order valence-electron chi connectivity index (χ4n) is 1.95. The molecule has 0 aromatic carbocycles. The Balaban J connectivity index is 1.83. The molecule has 0 saturated carbocycles. The number of ether oxygens (including phenoxy) is 1. The van der Waals surface area contributed by atoms with Gasteiger partial charge in [-0.05, 0) is 23.3 Å². The van der Waals surface area contributed by atoms with Crippen LogP contribution >= 0.6 is 0 Å². The van der Waals surface area contributed by atoms with Gasteiger partial charge >= 0.3 is 0 Å². The van der Waals surface area contributed by atoms with Crippen molar-refractivity contribution in [2.24, 2.45) is 12.8 Å². The van der Waals surface area contributed by atoms with E-state index in [4.69, 9.17) is 10.5 Å². The van der Waals surface area contributed by atoms with Crippen molar-refractivity contribution >= 4 is 5.95 Å². The normalized spacial score (nSPS) is 18.0. The topological polar surface area (TPSA) is 82.1 Å². The first kappa shape index (κ1) is 11.3. The van der Waals surface area contributed by atoms with Gasteiger partial charge in [0.2, 0.25) is 5.95 Å². The molecule has 90 valence electrons. The van der Waals surface area contributed by atoms with Crippen LogP contribution < -0.4 is 10.6 Å². The van der Waals surface area contributed by atoms with E-state index in [1.54, 1.807) is 4.68 Å². The monoisotopic (exact) mass is 226 g/mol. The third-order valence-corrected chi connectivity index (χ3v) is 2.79. The molecule has 0 unspecified atom stereocenters. The second-order valence-corrected chi connectivity index (χ2v) is 3.95. The molecule has 1 fully saturated rings. The smallest absolute Gasteiger partial charge is 0.245 e. The first-order valence-corrected chi connectivity index (χ1v) is 5.60. The van der Waals surface area contributed by atoms with E-state index in [9.17, 15) is 0 Å². The highest BCUT2D eigenvalue weighted by Gasteiger charge is 2.22. The Bertz CT molecular complexity index is 320. The largest absolute Gasteiger partial charge is 0.377 e. The molecule has 7 nitrogen and oxygen atoms in total. The second kappa shape index (κ2) is 5.22. The predicted molar refractivity (Wildman–Crippen MR) is 59.0 cm³/mol. The minimum Gasteiger partial charge on any atom is -0.377 e. The number of tetrazole rings is 1. The number of nitrogens with zero attached hydrogens (tertiary/aromatic N) is 5. The van der Waals surface area contributed by atoms with Gasteiger partial charge in [0.1, 0.15) is 0 Å². The van der Waals surface area contributed by atoms with Crippen molar-refractivity contribution in [1.82, 2.24) is 20.2 Å². The van der Waals surface area contributed by atoms with E-state index in [-0.39, 0.29) is 0 Å². The highest BCUT2D eigenvalue weighted by Crippen LogP contribution is 2.17. The van der Waals surface area contributed by atoms with Crippen LogP contribution in [0.4, 0.5) is 5.95 Å². The van der Waals surface area contributed by atoms with E-state index in [0.29, 0.717) is 19.3 Å². The van der Waals surface area contributed by atoms with Crippen molar-refractivity contribution < 1.29 is 4.74 Å². The van der Waals surface area contributed by atoms with Gasteiger partial charge in [0.25, 0.3) is 0 Å². The van der Waals surface area contributed by atoms with Gasteiger partial charge in [0.05, 0.1) is 12.7 Å². The van der Waals surface area contributed by atoms with Gasteiger partial charge in [-0.15, -0.1) is 0 Å². The van der Waals surface area contributed by atoms with Crippen LogP contribution in [0, 0.1) is 0 Å². The number of aryl methyl sites for hydroxylation is 1. The number of piperidine rings is 1. The maximum absolute atomic E-state index is 5.62. The average molecular weight is 226 g/mol. The molecule has 7 heteroatoms. The SMILES string of the molecule is Cn1nnnc1N1CCC(OCCN)CC1. The van der Waals surface area contributed by atoms with Gasteiger partial charge in [-0.25, -0.2) is 4.68 Å². The third-order valence-electron chi connectivity index (χ3n) is 2.79. The molecule has 16 heavy (non-hydrogen) atoms.